The maximum atomic E-state index is 11.2. The molecule has 0 aliphatic carbocycles. The van der Waals surface area contributed by atoms with Crippen molar-refractivity contribution < 1.29 is 13.2 Å². The minimum Gasteiger partial charge on any atom is -0.342 e. The Balaban J connectivity index is 4.68. The van der Waals surface area contributed by atoms with Gasteiger partial charge >= 0.3 is 0 Å². The number of nitriles is 1. The zero-order valence-electron chi connectivity index (χ0n) is 7.79. The van der Waals surface area contributed by atoms with Crippen molar-refractivity contribution in [2.75, 3.05) is 12.8 Å². The molecular formula is C7H12N2O3S. The van der Waals surface area contributed by atoms with Crippen LogP contribution in [0.4, 0.5) is 0 Å². The summed E-state index contributed by atoms with van der Waals surface area (Å²) in [5, 5.41) is 10.4. The monoisotopic (exact) mass is 204 g/mol. The highest BCUT2D eigenvalue weighted by Gasteiger charge is 2.37. The average molecular weight is 204 g/mol. The van der Waals surface area contributed by atoms with Gasteiger partial charge < -0.3 is 5.32 Å². The van der Waals surface area contributed by atoms with E-state index in [1.165, 1.54) is 13.8 Å². The number of amides is 1. The molecular weight excluding hydrogens is 192 g/mol. The summed E-state index contributed by atoms with van der Waals surface area (Å²) in [6.07, 6.45) is 0.985. The highest BCUT2D eigenvalue weighted by Crippen LogP contribution is 2.14. The Hall–Kier alpha value is -1.09. The van der Waals surface area contributed by atoms with Gasteiger partial charge in [-0.15, -0.1) is 0 Å². The first kappa shape index (κ1) is 11.9. The molecule has 0 saturated heterocycles. The van der Waals surface area contributed by atoms with Crippen LogP contribution in [0.1, 0.15) is 13.8 Å². The fraction of sp³-hybridized carbons (Fsp3) is 0.714. The van der Waals surface area contributed by atoms with Gasteiger partial charge in [0.25, 0.3) is 0 Å². The van der Waals surface area contributed by atoms with Gasteiger partial charge in [0.05, 0.1) is 6.07 Å². The minimum absolute atomic E-state index is 0.183. The number of carbonyl (C=O) groups is 1. The van der Waals surface area contributed by atoms with Gasteiger partial charge in [-0.25, -0.2) is 8.42 Å². The number of rotatable bonds is 3. The number of hydrogen-bond acceptors (Lipinski definition) is 4. The Morgan fingerprint density at radius 2 is 2.00 bits per heavy atom. The van der Waals surface area contributed by atoms with Crippen molar-refractivity contribution in [3.8, 4) is 6.07 Å². The van der Waals surface area contributed by atoms with Gasteiger partial charge in [0.2, 0.25) is 5.91 Å². The first-order chi connectivity index (χ1) is 5.73. The summed E-state index contributed by atoms with van der Waals surface area (Å²) in [6, 6.07) is 1.70. The molecule has 0 atom stereocenters. The number of hydrogen-bond donors (Lipinski definition) is 1. The number of carbonyl (C=O) groups excluding carboxylic acids is 1. The molecule has 0 heterocycles. The predicted molar refractivity (Wildman–Crippen MR) is 47.5 cm³/mol. The number of sulfone groups is 1. The smallest absolute Gasteiger partial charge is 0.241 e. The molecule has 6 heteroatoms. The van der Waals surface area contributed by atoms with Gasteiger partial charge in [-0.1, -0.05) is 0 Å². The van der Waals surface area contributed by atoms with Gasteiger partial charge in [-0.2, -0.15) is 5.26 Å². The molecule has 1 N–H and O–H groups in total. The van der Waals surface area contributed by atoms with Gasteiger partial charge in [-0.05, 0) is 13.8 Å². The number of nitrogens with zero attached hydrogens (tertiary/aromatic N) is 1. The lowest BCUT2D eigenvalue weighted by Gasteiger charge is -2.20. The molecule has 5 nitrogen and oxygen atoms in total. The van der Waals surface area contributed by atoms with Crippen LogP contribution in [0.3, 0.4) is 0 Å². The topological polar surface area (TPSA) is 87.0 Å². The van der Waals surface area contributed by atoms with E-state index in [0.29, 0.717) is 0 Å². The van der Waals surface area contributed by atoms with Crippen molar-refractivity contribution in [1.82, 2.24) is 5.32 Å². The SMILES string of the molecule is CC(C)(C(=O)NCC#N)S(C)(=O)=O. The molecule has 0 unspecified atom stereocenters. The second-order valence-corrected chi connectivity index (χ2v) is 5.69. The third kappa shape index (κ3) is 2.70. The summed E-state index contributed by atoms with van der Waals surface area (Å²) in [6.45, 7) is 2.42. The predicted octanol–water partition coefficient (Wildman–Crippen LogP) is -0.551. The van der Waals surface area contributed by atoms with Crippen molar-refractivity contribution in [3.05, 3.63) is 0 Å². The van der Waals surface area contributed by atoms with Gasteiger partial charge in [0.1, 0.15) is 11.3 Å². The van der Waals surface area contributed by atoms with Crippen LogP contribution in [0.2, 0.25) is 0 Å². The standard InChI is InChI=1S/C7H12N2O3S/c1-7(2,13(3,11)12)6(10)9-5-4-8/h5H2,1-3H3,(H,9,10). The van der Waals surface area contributed by atoms with E-state index in [-0.39, 0.29) is 6.54 Å². The van der Waals surface area contributed by atoms with E-state index in [1.54, 1.807) is 6.07 Å². The molecule has 0 aromatic carbocycles. The van der Waals surface area contributed by atoms with Crippen molar-refractivity contribution in [2.45, 2.75) is 18.6 Å². The van der Waals surface area contributed by atoms with E-state index in [2.05, 4.69) is 5.32 Å². The molecule has 0 rings (SSSR count). The van der Waals surface area contributed by atoms with Gasteiger partial charge in [-0.3, -0.25) is 4.79 Å². The van der Waals surface area contributed by atoms with Crippen LogP contribution in [-0.4, -0.2) is 31.9 Å². The van der Waals surface area contributed by atoms with Gasteiger partial charge in [0.15, 0.2) is 9.84 Å². The van der Waals surface area contributed by atoms with Crippen LogP contribution in [0.15, 0.2) is 0 Å². The fourth-order valence-corrected chi connectivity index (χ4v) is 0.910. The summed E-state index contributed by atoms with van der Waals surface area (Å²) in [7, 11) is -3.45. The number of nitrogens with one attached hydrogen (secondary N) is 1. The van der Waals surface area contributed by atoms with Crippen LogP contribution < -0.4 is 5.32 Å². The average Bonchev–Trinajstić information content (AvgIpc) is 1.97. The molecule has 0 fully saturated rings. The molecule has 0 aliphatic heterocycles. The van der Waals surface area contributed by atoms with Crippen molar-refractivity contribution in [3.63, 3.8) is 0 Å². The maximum Gasteiger partial charge on any atom is 0.241 e. The summed E-state index contributed by atoms with van der Waals surface area (Å²) in [5.41, 5.74) is 0. The normalized spacial score (nSPS) is 11.8. The van der Waals surface area contributed by atoms with E-state index >= 15 is 0 Å². The second-order valence-electron chi connectivity index (χ2n) is 3.12. The molecule has 0 spiro atoms. The van der Waals surface area contributed by atoms with Crippen LogP contribution in [0, 0.1) is 11.3 Å². The molecule has 0 radical (unpaired) electrons. The third-order valence-corrected chi connectivity index (χ3v) is 3.84. The summed E-state index contributed by atoms with van der Waals surface area (Å²) in [5.74, 6) is -0.656. The molecule has 0 aromatic heterocycles. The van der Waals surface area contributed by atoms with Crippen molar-refractivity contribution in [2.24, 2.45) is 0 Å². The Bertz CT molecular complexity index is 337. The fourth-order valence-electron chi connectivity index (χ4n) is 0.501. The van der Waals surface area contributed by atoms with E-state index in [1.807, 2.05) is 0 Å². The van der Waals surface area contributed by atoms with E-state index in [4.69, 9.17) is 5.26 Å². The highest BCUT2D eigenvalue weighted by atomic mass is 32.2. The molecule has 1 amide bonds. The largest absolute Gasteiger partial charge is 0.342 e. The molecule has 74 valence electrons. The zero-order chi connectivity index (χ0) is 10.7. The summed E-state index contributed by atoms with van der Waals surface area (Å²) < 4.78 is 20.7. The summed E-state index contributed by atoms with van der Waals surface area (Å²) >= 11 is 0. The molecule has 0 aromatic rings. The van der Waals surface area contributed by atoms with E-state index in [9.17, 15) is 13.2 Å². The first-order valence-corrected chi connectivity index (χ1v) is 5.47. The van der Waals surface area contributed by atoms with Gasteiger partial charge in [0, 0.05) is 6.26 Å². The quantitative estimate of drug-likeness (QED) is 0.625. The van der Waals surface area contributed by atoms with E-state index in [0.717, 1.165) is 6.26 Å². The molecule has 0 bridgehead atoms. The van der Waals surface area contributed by atoms with Crippen molar-refractivity contribution in [1.29, 1.82) is 5.26 Å². The second kappa shape index (κ2) is 3.75. The lowest BCUT2D eigenvalue weighted by atomic mass is 10.2. The van der Waals surface area contributed by atoms with Crippen LogP contribution in [-0.2, 0) is 14.6 Å². The first-order valence-electron chi connectivity index (χ1n) is 3.58. The van der Waals surface area contributed by atoms with Crippen LogP contribution in [0.5, 0.6) is 0 Å². The highest BCUT2D eigenvalue weighted by molar-refractivity contribution is 7.92. The van der Waals surface area contributed by atoms with E-state index < -0.39 is 20.5 Å². The Morgan fingerprint density at radius 3 is 2.31 bits per heavy atom. The molecule has 13 heavy (non-hydrogen) atoms. The maximum absolute atomic E-state index is 11.2. The Morgan fingerprint density at radius 1 is 1.54 bits per heavy atom. The van der Waals surface area contributed by atoms with Crippen LogP contribution in [0.25, 0.3) is 0 Å². The van der Waals surface area contributed by atoms with Crippen LogP contribution >= 0.6 is 0 Å². The Kier molecular flexibility index (Phi) is 3.43. The third-order valence-electron chi connectivity index (χ3n) is 1.80. The molecule has 0 saturated carbocycles. The molecule has 0 aliphatic rings. The summed E-state index contributed by atoms with van der Waals surface area (Å²) in [4.78, 5) is 11.2. The Labute approximate surface area is 77.7 Å². The van der Waals surface area contributed by atoms with Crippen molar-refractivity contribution >= 4 is 15.7 Å². The lowest BCUT2D eigenvalue weighted by Crippen LogP contribution is -2.47. The lowest BCUT2D eigenvalue weighted by molar-refractivity contribution is -0.122. The zero-order valence-corrected chi connectivity index (χ0v) is 8.60. The minimum atomic E-state index is -3.45.